The zero-order valence-electron chi connectivity index (χ0n) is 10.7. The van der Waals surface area contributed by atoms with Crippen molar-refractivity contribution in [3.63, 3.8) is 0 Å². The maximum absolute atomic E-state index is 12.0. The van der Waals surface area contributed by atoms with Crippen molar-refractivity contribution in [2.24, 2.45) is 0 Å². The number of para-hydroxylation sites is 1. The fourth-order valence-corrected chi connectivity index (χ4v) is 2.01. The lowest BCUT2D eigenvalue weighted by atomic mass is 10.1. The van der Waals surface area contributed by atoms with E-state index in [1.807, 2.05) is 36.4 Å². The van der Waals surface area contributed by atoms with E-state index in [4.69, 9.17) is 0 Å². The minimum absolute atomic E-state index is 0.0218. The fourth-order valence-electron chi connectivity index (χ4n) is 2.01. The standard InChI is InChI=1S/C17H12N2O/c20-16(13-5-2-1-3-6-13)10-9-14-7-4-8-15-17(14)19-12-11-18-15/h1-12H. The second-order valence-corrected chi connectivity index (χ2v) is 4.33. The van der Waals surface area contributed by atoms with Crippen LogP contribution in [-0.2, 0) is 0 Å². The van der Waals surface area contributed by atoms with Gasteiger partial charge in [0.25, 0.3) is 0 Å². The van der Waals surface area contributed by atoms with E-state index < -0.39 is 0 Å². The van der Waals surface area contributed by atoms with Crippen LogP contribution >= 0.6 is 0 Å². The lowest BCUT2D eigenvalue weighted by Gasteiger charge is -1.99. The van der Waals surface area contributed by atoms with Gasteiger partial charge in [-0.2, -0.15) is 0 Å². The van der Waals surface area contributed by atoms with E-state index in [1.165, 1.54) is 0 Å². The van der Waals surface area contributed by atoms with Crippen molar-refractivity contribution in [2.45, 2.75) is 0 Å². The van der Waals surface area contributed by atoms with Gasteiger partial charge in [-0.25, -0.2) is 0 Å². The summed E-state index contributed by atoms with van der Waals surface area (Å²) in [7, 11) is 0. The highest BCUT2D eigenvalue weighted by molar-refractivity contribution is 6.07. The quantitative estimate of drug-likeness (QED) is 0.534. The van der Waals surface area contributed by atoms with Crippen LogP contribution in [0.4, 0.5) is 0 Å². The van der Waals surface area contributed by atoms with Crippen molar-refractivity contribution in [1.82, 2.24) is 9.97 Å². The number of carbonyl (C=O) groups excluding carboxylic acids is 1. The first-order valence-corrected chi connectivity index (χ1v) is 6.32. The smallest absolute Gasteiger partial charge is 0.185 e. The first-order valence-electron chi connectivity index (χ1n) is 6.32. The van der Waals surface area contributed by atoms with Crippen molar-refractivity contribution in [1.29, 1.82) is 0 Å². The molecular formula is C17H12N2O. The van der Waals surface area contributed by atoms with E-state index in [-0.39, 0.29) is 5.78 Å². The number of hydrogen-bond acceptors (Lipinski definition) is 3. The molecular weight excluding hydrogens is 248 g/mol. The van der Waals surface area contributed by atoms with Gasteiger partial charge in [0.15, 0.2) is 5.78 Å². The number of benzene rings is 2. The fraction of sp³-hybridized carbons (Fsp3) is 0. The van der Waals surface area contributed by atoms with Gasteiger partial charge in [0, 0.05) is 23.5 Å². The van der Waals surface area contributed by atoms with Crippen LogP contribution in [-0.4, -0.2) is 15.8 Å². The Balaban J connectivity index is 1.94. The Morgan fingerprint density at radius 2 is 1.70 bits per heavy atom. The number of rotatable bonds is 3. The molecule has 3 nitrogen and oxygen atoms in total. The largest absolute Gasteiger partial charge is 0.289 e. The second kappa shape index (κ2) is 5.45. The van der Waals surface area contributed by atoms with Gasteiger partial charge in [-0.3, -0.25) is 14.8 Å². The molecule has 0 unspecified atom stereocenters. The van der Waals surface area contributed by atoms with Gasteiger partial charge in [-0.15, -0.1) is 0 Å². The van der Waals surface area contributed by atoms with Crippen LogP contribution in [0.3, 0.4) is 0 Å². The summed E-state index contributed by atoms with van der Waals surface area (Å²) in [5, 5.41) is 0. The van der Waals surface area contributed by atoms with E-state index in [2.05, 4.69) is 9.97 Å². The van der Waals surface area contributed by atoms with Crippen molar-refractivity contribution in [3.05, 3.63) is 78.1 Å². The highest BCUT2D eigenvalue weighted by Crippen LogP contribution is 2.15. The van der Waals surface area contributed by atoms with Gasteiger partial charge in [-0.1, -0.05) is 42.5 Å². The molecule has 1 aromatic heterocycles. The molecule has 0 aliphatic carbocycles. The maximum Gasteiger partial charge on any atom is 0.185 e. The number of nitrogens with zero attached hydrogens (tertiary/aromatic N) is 2. The van der Waals surface area contributed by atoms with Crippen LogP contribution < -0.4 is 0 Å². The van der Waals surface area contributed by atoms with Gasteiger partial charge >= 0.3 is 0 Å². The molecule has 0 fully saturated rings. The normalized spacial score (nSPS) is 11.0. The molecule has 96 valence electrons. The van der Waals surface area contributed by atoms with Gasteiger partial charge in [0.2, 0.25) is 0 Å². The summed E-state index contributed by atoms with van der Waals surface area (Å²) in [6.07, 6.45) is 6.66. The molecule has 0 N–H and O–H groups in total. The molecule has 0 saturated carbocycles. The van der Waals surface area contributed by atoms with E-state index in [9.17, 15) is 4.79 Å². The van der Waals surface area contributed by atoms with E-state index in [0.717, 1.165) is 16.6 Å². The van der Waals surface area contributed by atoms with Crippen LogP contribution in [0.2, 0.25) is 0 Å². The highest BCUT2D eigenvalue weighted by atomic mass is 16.1. The average molecular weight is 260 g/mol. The minimum Gasteiger partial charge on any atom is -0.289 e. The maximum atomic E-state index is 12.0. The molecule has 0 amide bonds. The molecule has 0 aliphatic rings. The van der Waals surface area contributed by atoms with Crippen LogP contribution in [0.1, 0.15) is 15.9 Å². The summed E-state index contributed by atoms with van der Waals surface area (Å²) in [4.78, 5) is 20.6. The van der Waals surface area contributed by atoms with Crippen molar-refractivity contribution >= 4 is 22.9 Å². The minimum atomic E-state index is -0.0218. The number of ketones is 1. The summed E-state index contributed by atoms with van der Waals surface area (Å²) < 4.78 is 0. The summed E-state index contributed by atoms with van der Waals surface area (Å²) in [5.74, 6) is -0.0218. The summed E-state index contributed by atoms with van der Waals surface area (Å²) in [6, 6.07) is 14.9. The van der Waals surface area contributed by atoms with Gasteiger partial charge in [0.05, 0.1) is 11.0 Å². The van der Waals surface area contributed by atoms with Gasteiger partial charge in [0.1, 0.15) is 0 Å². The third-order valence-corrected chi connectivity index (χ3v) is 3.00. The topological polar surface area (TPSA) is 42.9 Å². The molecule has 0 saturated heterocycles. The van der Waals surface area contributed by atoms with Crippen LogP contribution in [0.15, 0.2) is 67.0 Å². The Morgan fingerprint density at radius 3 is 2.55 bits per heavy atom. The molecule has 3 heteroatoms. The molecule has 0 bridgehead atoms. The van der Waals surface area contributed by atoms with E-state index in [0.29, 0.717) is 5.56 Å². The Bertz CT molecular complexity index is 774. The third kappa shape index (κ3) is 2.47. The first-order chi connectivity index (χ1) is 9.84. The number of fused-ring (bicyclic) bond motifs is 1. The monoisotopic (exact) mass is 260 g/mol. The molecule has 3 aromatic rings. The van der Waals surface area contributed by atoms with E-state index in [1.54, 1.807) is 36.7 Å². The van der Waals surface area contributed by atoms with Gasteiger partial charge in [-0.05, 0) is 18.2 Å². The second-order valence-electron chi connectivity index (χ2n) is 4.33. The molecule has 3 rings (SSSR count). The van der Waals surface area contributed by atoms with Crippen LogP contribution in [0.25, 0.3) is 17.1 Å². The summed E-state index contributed by atoms with van der Waals surface area (Å²) in [6.45, 7) is 0. The molecule has 0 spiro atoms. The van der Waals surface area contributed by atoms with E-state index >= 15 is 0 Å². The zero-order valence-corrected chi connectivity index (χ0v) is 10.7. The lowest BCUT2D eigenvalue weighted by molar-refractivity contribution is 0.104. The lowest BCUT2D eigenvalue weighted by Crippen LogP contribution is -1.93. The summed E-state index contributed by atoms with van der Waals surface area (Å²) in [5.41, 5.74) is 3.18. The summed E-state index contributed by atoms with van der Waals surface area (Å²) >= 11 is 0. The van der Waals surface area contributed by atoms with Crippen molar-refractivity contribution < 1.29 is 4.79 Å². The Labute approximate surface area is 116 Å². The van der Waals surface area contributed by atoms with Crippen LogP contribution in [0, 0.1) is 0 Å². The predicted octanol–water partition coefficient (Wildman–Crippen LogP) is 3.53. The molecule has 1 heterocycles. The molecule has 0 aliphatic heterocycles. The molecule has 0 atom stereocenters. The number of hydrogen-bond donors (Lipinski definition) is 0. The molecule has 2 aromatic carbocycles. The average Bonchev–Trinajstić information content (AvgIpc) is 2.53. The Morgan fingerprint density at radius 1 is 0.900 bits per heavy atom. The molecule has 0 radical (unpaired) electrons. The SMILES string of the molecule is O=C(C=Cc1cccc2nccnc12)c1ccccc1. The number of carbonyl (C=O) groups is 1. The zero-order chi connectivity index (χ0) is 13.8. The first kappa shape index (κ1) is 12.2. The number of aromatic nitrogens is 2. The third-order valence-electron chi connectivity index (χ3n) is 3.00. The van der Waals surface area contributed by atoms with Gasteiger partial charge < -0.3 is 0 Å². The Kier molecular flexibility index (Phi) is 3.33. The predicted molar refractivity (Wildman–Crippen MR) is 79.3 cm³/mol. The van der Waals surface area contributed by atoms with Crippen molar-refractivity contribution in [2.75, 3.05) is 0 Å². The number of allylic oxidation sites excluding steroid dienone is 1. The highest BCUT2D eigenvalue weighted by Gasteiger charge is 2.02. The molecule has 20 heavy (non-hydrogen) atoms. The van der Waals surface area contributed by atoms with Crippen molar-refractivity contribution in [3.8, 4) is 0 Å². The Hall–Kier alpha value is -2.81. The van der Waals surface area contributed by atoms with Crippen LogP contribution in [0.5, 0.6) is 0 Å².